The van der Waals surface area contributed by atoms with Crippen molar-refractivity contribution in [3.63, 3.8) is 0 Å². The number of aromatic nitrogens is 1. The number of carbonyl (C=O) groups excluding carboxylic acids is 1. The van der Waals surface area contributed by atoms with Crippen LogP contribution in [0.15, 0.2) is 42.7 Å². The van der Waals surface area contributed by atoms with Crippen LogP contribution in [0.5, 0.6) is 0 Å². The van der Waals surface area contributed by atoms with Gasteiger partial charge in [-0.25, -0.2) is 4.39 Å². The molecule has 3 heteroatoms. The lowest BCUT2D eigenvalue weighted by Crippen LogP contribution is -2.25. The number of Topliss-reactive ketones (excluding diaryl/α,β-unsaturated/α-hetero) is 1. The van der Waals surface area contributed by atoms with E-state index in [9.17, 15) is 9.18 Å². The van der Waals surface area contributed by atoms with Crippen molar-refractivity contribution in [2.45, 2.75) is 12.3 Å². The predicted molar refractivity (Wildman–Crippen MR) is 61.4 cm³/mol. The molecule has 1 aromatic heterocycles. The van der Waals surface area contributed by atoms with Gasteiger partial charge in [-0.3, -0.25) is 9.78 Å². The number of rotatable bonds is 2. The largest absolute Gasteiger partial charge is 0.293 e. The maximum Gasteiger partial charge on any atom is 0.173 e. The first-order valence-corrected chi connectivity index (χ1v) is 5.49. The number of ketones is 1. The lowest BCUT2D eigenvalue weighted by Gasteiger charge is -2.28. The third kappa shape index (κ3) is 1.55. The topological polar surface area (TPSA) is 30.0 Å². The maximum absolute atomic E-state index is 13.5. The van der Waals surface area contributed by atoms with Gasteiger partial charge in [0.2, 0.25) is 0 Å². The molecular formula is C14H10FNO. The van der Waals surface area contributed by atoms with Crippen molar-refractivity contribution in [2.24, 2.45) is 0 Å². The Labute approximate surface area is 98.1 Å². The van der Waals surface area contributed by atoms with Gasteiger partial charge in [-0.15, -0.1) is 0 Å². The predicted octanol–water partition coefficient (Wildman–Crippen LogP) is 2.74. The fourth-order valence-corrected chi connectivity index (χ4v) is 2.26. The van der Waals surface area contributed by atoms with Gasteiger partial charge in [-0.1, -0.05) is 24.3 Å². The lowest BCUT2D eigenvalue weighted by molar-refractivity contribution is 0.0945. The Morgan fingerprint density at radius 1 is 1.29 bits per heavy atom. The average Bonchev–Trinajstić information content (AvgIpc) is 2.31. The molecule has 0 radical (unpaired) electrons. The Balaban J connectivity index is 1.94. The number of fused-ring (bicyclic) bond motifs is 1. The zero-order chi connectivity index (χ0) is 11.8. The van der Waals surface area contributed by atoms with Gasteiger partial charge in [0.25, 0.3) is 0 Å². The lowest BCUT2D eigenvalue weighted by atomic mass is 9.74. The molecule has 0 spiro atoms. The van der Waals surface area contributed by atoms with Crippen LogP contribution in [0, 0.1) is 5.82 Å². The highest BCUT2D eigenvalue weighted by Crippen LogP contribution is 2.37. The molecule has 1 aliphatic rings. The molecule has 0 aliphatic heterocycles. The standard InChI is InChI=1S/C14H10FNO/c15-13-8-16-6-5-11(13)14(17)12-7-9-3-1-2-4-10(9)12/h1-6,8,12H,7H2. The molecule has 1 heterocycles. The van der Waals surface area contributed by atoms with Crippen LogP contribution in [0.2, 0.25) is 0 Å². The van der Waals surface area contributed by atoms with Crippen LogP contribution in [-0.4, -0.2) is 10.8 Å². The fourth-order valence-electron chi connectivity index (χ4n) is 2.26. The summed E-state index contributed by atoms with van der Waals surface area (Å²) in [6, 6.07) is 9.23. The van der Waals surface area contributed by atoms with Crippen molar-refractivity contribution < 1.29 is 9.18 Å². The van der Waals surface area contributed by atoms with Crippen molar-refractivity contribution in [1.82, 2.24) is 4.98 Å². The fraction of sp³-hybridized carbons (Fsp3) is 0.143. The highest BCUT2D eigenvalue weighted by molar-refractivity contribution is 6.02. The van der Waals surface area contributed by atoms with Crippen LogP contribution in [0.3, 0.4) is 0 Å². The summed E-state index contributed by atoms with van der Waals surface area (Å²) < 4.78 is 13.5. The number of carbonyl (C=O) groups is 1. The van der Waals surface area contributed by atoms with E-state index in [0.717, 1.165) is 11.8 Å². The molecule has 84 valence electrons. The number of pyridine rings is 1. The van der Waals surface area contributed by atoms with Gasteiger partial charge in [0.15, 0.2) is 11.6 Å². The molecule has 1 aliphatic carbocycles. The number of hydrogen-bond donors (Lipinski definition) is 0. The number of nitrogens with zero attached hydrogens (tertiary/aromatic N) is 1. The minimum Gasteiger partial charge on any atom is -0.293 e. The van der Waals surface area contributed by atoms with Crippen molar-refractivity contribution in [3.8, 4) is 0 Å². The van der Waals surface area contributed by atoms with Gasteiger partial charge < -0.3 is 0 Å². The molecule has 0 fully saturated rings. The van der Waals surface area contributed by atoms with Crippen LogP contribution < -0.4 is 0 Å². The minimum atomic E-state index is -0.540. The molecule has 1 atom stereocenters. The number of benzene rings is 1. The first kappa shape index (κ1) is 10.1. The summed E-state index contributed by atoms with van der Waals surface area (Å²) in [6.07, 6.45) is 3.23. The van der Waals surface area contributed by atoms with Gasteiger partial charge in [-0.05, 0) is 23.6 Å². The van der Waals surface area contributed by atoms with Gasteiger partial charge in [0.1, 0.15) is 0 Å². The van der Waals surface area contributed by atoms with E-state index in [0.29, 0.717) is 6.42 Å². The average molecular weight is 227 g/mol. The molecule has 0 N–H and O–H groups in total. The number of halogens is 1. The molecule has 1 aromatic carbocycles. The molecule has 0 saturated carbocycles. The second-order valence-electron chi connectivity index (χ2n) is 4.18. The molecule has 0 bridgehead atoms. The second-order valence-corrected chi connectivity index (χ2v) is 4.18. The number of hydrogen-bond acceptors (Lipinski definition) is 2. The summed E-state index contributed by atoms with van der Waals surface area (Å²) in [6.45, 7) is 0. The normalized spacial score (nSPS) is 17.1. The quantitative estimate of drug-likeness (QED) is 0.738. The second kappa shape index (κ2) is 3.77. The monoisotopic (exact) mass is 227 g/mol. The van der Waals surface area contributed by atoms with E-state index in [1.165, 1.54) is 17.8 Å². The first-order valence-electron chi connectivity index (χ1n) is 5.49. The van der Waals surface area contributed by atoms with Gasteiger partial charge >= 0.3 is 0 Å². The SMILES string of the molecule is O=C(c1ccncc1F)C1Cc2ccccc21. The molecular weight excluding hydrogens is 217 g/mol. The Bertz CT molecular complexity index is 594. The van der Waals surface area contributed by atoms with E-state index in [2.05, 4.69) is 4.98 Å². The Hall–Kier alpha value is -2.03. The van der Waals surface area contributed by atoms with E-state index in [1.807, 2.05) is 24.3 Å². The Morgan fingerprint density at radius 2 is 2.12 bits per heavy atom. The summed E-state index contributed by atoms with van der Waals surface area (Å²) in [5.41, 5.74) is 2.34. The molecule has 0 saturated heterocycles. The van der Waals surface area contributed by atoms with E-state index in [-0.39, 0.29) is 17.3 Å². The van der Waals surface area contributed by atoms with Crippen molar-refractivity contribution in [3.05, 3.63) is 65.2 Å². The van der Waals surface area contributed by atoms with E-state index < -0.39 is 5.82 Å². The van der Waals surface area contributed by atoms with Crippen LogP contribution in [-0.2, 0) is 6.42 Å². The van der Waals surface area contributed by atoms with E-state index in [4.69, 9.17) is 0 Å². The van der Waals surface area contributed by atoms with Crippen molar-refractivity contribution in [1.29, 1.82) is 0 Å². The summed E-state index contributed by atoms with van der Waals surface area (Å²) in [7, 11) is 0. The Kier molecular flexibility index (Phi) is 2.25. The molecule has 2 aromatic rings. The molecule has 0 amide bonds. The summed E-state index contributed by atoms with van der Waals surface area (Å²) in [4.78, 5) is 15.8. The maximum atomic E-state index is 13.5. The van der Waals surface area contributed by atoms with Crippen LogP contribution in [0.1, 0.15) is 27.4 Å². The molecule has 17 heavy (non-hydrogen) atoms. The molecule has 3 rings (SSSR count). The van der Waals surface area contributed by atoms with Gasteiger partial charge in [0, 0.05) is 6.20 Å². The van der Waals surface area contributed by atoms with Crippen LogP contribution in [0.25, 0.3) is 0 Å². The highest BCUT2D eigenvalue weighted by atomic mass is 19.1. The molecule has 2 nitrogen and oxygen atoms in total. The van der Waals surface area contributed by atoms with Crippen molar-refractivity contribution >= 4 is 5.78 Å². The van der Waals surface area contributed by atoms with Crippen molar-refractivity contribution in [2.75, 3.05) is 0 Å². The zero-order valence-corrected chi connectivity index (χ0v) is 9.06. The van der Waals surface area contributed by atoms with Crippen LogP contribution in [0.4, 0.5) is 4.39 Å². The molecule has 1 unspecified atom stereocenters. The van der Waals surface area contributed by atoms with E-state index in [1.54, 1.807) is 0 Å². The smallest absolute Gasteiger partial charge is 0.173 e. The van der Waals surface area contributed by atoms with Gasteiger partial charge in [-0.2, -0.15) is 0 Å². The Morgan fingerprint density at radius 3 is 2.88 bits per heavy atom. The van der Waals surface area contributed by atoms with Crippen LogP contribution >= 0.6 is 0 Å². The highest BCUT2D eigenvalue weighted by Gasteiger charge is 2.33. The summed E-state index contributed by atoms with van der Waals surface area (Å²) in [5.74, 6) is -0.881. The first-order chi connectivity index (χ1) is 8.27. The summed E-state index contributed by atoms with van der Waals surface area (Å²) in [5, 5.41) is 0. The minimum absolute atomic E-state index is 0.138. The van der Waals surface area contributed by atoms with Gasteiger partial charge in [0.05, 0.1) is 17.7 Å². The summed E-state index contributed by atoms with van der Waals surface area (Å²) >= 11 is 0. The third-order valence-electron chi connectivity index (χ3n) is 3.21. The third-order valence-corrected chi connectivity index (χ3v) is 3.21. The van der Waals surface area contributed by atoms with E-state index >= 15 is 0 Å². The zero-order valence-electron chi connectivity index (χ0n) is 9.06.